The first-order valence-electron chi connectivity index (χ1n) is 5.79. The second-order valence-electron chi connectivity index (χ2n) is 4.03. The molecule has 102 valence electrons. The fraction of sp³-hybridized carbons (Fsp3) is 0.0769. The van der Waals surface area contributed by atoms with Gasteiger partial charge in [-0.3, -0.25) is 19.9 Å². The van der Waals surface area contributed by atoms with Crippen molar-refractivity contribution in [2.45, 2.75) is 6.54 Å². The number of hydrogen-bond donors (Lipinski definition) is 2. The monoisotopic (exact) mass is 272 g/mol. The molecule has 2 aromatic rings. The summed E-state index contributed by atoms with van der Waals surface area (Å²) in [6.07, 6.45) is 2.83. The van der Waals surface area contributed by atoms with Gasteiger partial charge in [0.15, 0.2) is 0 Å². The number of rotatable bonds is 4. The van der Waals surface area contributed by atoms with Crippen LogP contribution in [0.5, 0.6) is 0 Å². The summed E-state index contributed by atoms with van der Waals surface area (Å²) in [4.78, 5) is 26.1. The third kappa shape index (κ3) is 2.89. The van der Waals surface area contributed by atoms with Crippen LogP contribution in [0.2, 0.25) is 0 Å². The Morgan fingerprint density at radius 3 is 2.80 bits per heavy atom. The maximum Gasteiger partial charge on any atom is 0.274 e. The molecule has 3 N–H and O–H groups in total. The molecular weight excluding hydrogens is 260 g/mol. The summed E-state index contributed by atoms with van der Waals surface area (Å²) < 4.78 is 0. The van der Waals surface area contributed by atoms with E-state index in [4.69, 9.17) is 5.73 Å². The molecule has 0 radical (unpaired) electrons. The van der Waals surface area contributed by atoms with Gasteiger partial charge in [0.05, 0.1) is 10.5 Å². The molecule has 0 aliphatic carbocycles. The molecule has 0 unspecified atom stereocenters. The highest BCUT2D eigenvalue weighted by molar-refractivity contribution is 5.98. The molecule has 7 nitrogen and oxygen atoms in total. The number of nitro benzene ring substituents is 1. The topological polar surface area (TPSA) is 111 Å². The summed E-state index contributed by atoms with van der Waals surface area (Å²) in [5, 5.41) is 13.4. The number of benzene rings is 1. The standard InChI is InChI=1S/C13H12N4O3/c14-11-5-6-15-8-10(11)13(18)16-7-9-3-1-2-4-12(9)17(19)20/h1-6,8H,7H2,(H2,14,15)(H,16,18). The third-order valence-corrected chi connectivity index (χ3v) is 2.73. The fourth-order valence-electron chi connectivity index (χ4n) is 1.70. The number of anilines is 1. The molecule has 0 aliphatic rings. The van der Waals surface area contributed by atoms with Crippen molar-refractivity contribution in [1.82, 2.24) is 10.3 Å². The van der Waals surface area contributed by atoms with Gasteiger partial charge in [-0.25, -0.2) is 0 Å². The van der Waals surface area contributed by atoms with Crippen LogP contribution in [0.4, 0.5) is 11.4 Å². The minimum atomic E-state index is -0.486. The zero-order valence-electron chi connectivity index (χ0n) is 10.4. The summed E-state index contributed by atoms with van der Waals surface area (Å²) >= 11 is 0. The van der Waals surface area contributed by atoms with Crippen LogP contribution in [0, 0.1) is 10.1 Å². The van der Waals surface area contributed by atoms with Gasteiger partial charge >= 0.3 is 0 Å². The van der Waals surface area contributed by atoms with Gasteiger partial charge in [0, 0.05) is 36.3 Å². The van der Waals surface area contributed by atoms with Crippen LogP contribution in [-0.4, -0.2) is 15.8 Å². The molecule has 20 heavy (non-hydrogen) atoms. The summed E-state index contributed by atoms with van der Waals surface area (Å²) in [5.41, 5.74) is 6.60. The maximum absolute atomic E-state index is 11.9. The molecular formula is C13H12N4O3. The Kier molecular flexibility index (Phi) is 3.90. The third-order valence-electron chi connectivity index (χ3n) is 2.73. The smallest absolute Gasteiger partial charge is 0.274 e. The SMILES string of the molecule is Nc1ccncc1C(=O)NCc1ccccc1[N+](=O)[O-]. The highest BCUT2D eigenvalue weighted by atomic mass is 16.6. The van der Waals surface area contributed by atoms with E-state index in [0.29, 0.717) is 11.3 Å². The number of nitrogens with zero attached hydrogens (tertiary/aromatic N) is 2. The Bertz CT molecular complexity index is 658. The number of para-hydroxylation sites is 1. The number of carbonyl (C=O) groups is 1. The molecule has 0 fully saturated rings. The summed E-state index contributed by atoms with van der Waals surface area (Å²) in [6, 6.07) is 7.74. The van der Waals surface area contributed by atoms with Gasteiger partial charge in [-0.05, 0) is 6.07 Å². The molecule has 0 atom stereocenters. The Balaban J connectivity index is 2.12. The minimum absolute atomic E-state index is 0.0352. The van der Waals surface area contributed by atoms with Crippen molar-refractivity contribution < 1.29 is 9.72 Å². The lowest BCUT2D eigenvalue weighted by molar-refractivity contribution is -0.385. The fourth-order valence-corrected chi connectivity index (χ4v) is 1.70. The predicted molar refractivity (Wildman–Crippen MR) is 72.9 cm³/mol. The van der Waals surface area contributed by atoms with Crippen molar-refractivity contribution in [2.24, 2.45) is 0 Å². The lowest BCUT2D eigenvalue weighted by atomic mass is 10.1. The molecule has 1 aromatic heterocycles. The Hall–Kier alpha value is -2.96. The van der Waals surface area contributed by atoms with Gasteiger partial charge in [-0.15, -0.1) is 0 Å². The van der Waals surface area contributed by atoms with Gasteiger partial charge in [0.1, 0.15) is 0 Å². The van der Waals surface area contributed by atoms with E-state index in [1.165, 1.54) is 24.5 Å². The van der Waals surface area contributed by atoms with Gasteiger partial charge in [-0.2, -0.15) is 0 Å². The van der Waals surface area contributed by atoms with Crippen LogP contribution in [0.3, 0.4) is 0 Å². The lowest BCUT2D eigenvalue weighted by Crippen LogP contribution is -2.24. The van der Waals surface area contributed by atoms with E-state index in [-0.39, 0.29) is 17.8 Å². The summed E-state index contributed by atoms with van der Waals surface area (Å²) in [6.45, 7) is 0.0460. The van der Waals surface area contributed by atoms with Crippen molar-refractivity contribution >= 4 is 17.3 Å². The number of amides is 1. The number of nitro groups is 1. The average Bonchev–Trinajstić information content (AvgIpc) is 2.45. The first kappa shape index (κ1) is 13.5. The van der Waals surface area contributed by atoms with Crippen LogP contribution in [0.15, 0.2) is 42.7 Å². The quantitative estimate of drug-likeness (QED) is 0.647. The average molecular weight is 272 g/mol. The largest absolute Gasteiger partial charge is 0.398 e. The van der Waals surface area contributed by atoms with Gasteiger partial charge < -0.3 is 11.1 Å². The highest BCUT2D eigenvalue weighted by Gasteiger charge is 2.14. The number of carbonyl (C=O) groups excluding carboxylic acids is 1. The molecule has 1 heterocycles. The van der Waals surface area contributed by atoms with Crippen molar-refractivity contribution in [3.8, 4) is 0 Å². The van der Waals surface area contributed by atoms with Crippen LogP contribution in [0.25, 0.3) is 0 Å². The zero-order valence-corrected chi connectivity index (χ0v) is 10.4. The molecule has 2 rings (SSSR count). The molecule has 7 heteroatoms. The molecule has 1 aromatic carbocycles. The number of aromatic nitrogens is 1. The number of nitrogens with one attached hydrogen (secondary N) is 1. The zero-order chi connectivity index (χ0) is 14.5. The minimum Gasteiger partial charge on any atom is -0.398 e. The molecule has 0 saturated heterocycles. The molecule has 1 amide bonds. The Morgan fingerprint density at radius 2 is 2.10 bits per heavy atom. The van der Waals surface area contributed by atoms with E-state index in [0.717, 1.165) is 0 Å². The van der Waals surface area contributed by atoms with Gasteiger partial charge in [0.2, 0.25) is 0 Å². The maximum atomic E-state index is 11.9. The summed E-state index contributed by atoms with van der Waals surface area (Å²) in [7, 11) is 0. The van der Waals surface area contributed by atoms with Crippen molar-refractivity contribution in [3.63, 3.8) is 0 Å². The van der Waals surface area contributed by atoms with E-state index in [1.807, 2.05) is 0 Å². The van der Waals surface area contributed by atoms with Crippen LogP contribution < -0.4 is 11.1 Å². The van der Waals surface area contributed by atoms with Crippen molar-refractivity contribution in [3.05, 3.63) is 64.0 Å². The van der Waals surface area contributed by atoms with E-state index < -0.39 is 10.8 Å². The van der Waals surface area contributed by atoms with E-state index >= 15 is 0 Å². The number of nitrogen functional groups attached to an aromatic ring is 1. The normalized spacial score (nSPS) is 10.0. The Morgan fingerprint density at radius 1 is 1.35 bits per heavy atom. The van der Waals surface area contributed by atoms with Crippen molar-refractivity contribution in [1.29, 1.82) is 0 Å². The second-order valence-corrected chi connectivity index (χ2v) is 4.03. The summed E-state index contributed by atoms with van der Waals surface area (Å²) in [5.74, 6) is -0.422. The van der Waals surface area contributed by atoms with E-state index in [2.05, 4.69) is 10.3 Å². The first-order valence-corrected chi connectivity index (χ1v) is 5.79. The molecule has 0 saturated carbocycles. The first-order chi connectivity index (χ1) is 9.59. The van der Waals surface area contributed by atoms with Gasteiger partial charge in [0.25, 0.3) is 11.6 Å². The predicted octanol–water partition coefficient (Wildman–Crippen LogP) is 1.50. The van der Waals surface area contributed by atoms with Crippen LogP contribution in [-0.2, 0) is 6.54 Å². The lowest BCUT2D eigenvalue weighted by Gasteiger charge is -2.07. The molecule has 0 spiro atoms. The van der Waals surface area contributed by atoms with E-state index in [1.54, 1.807) is 18.2 Å². The van der Waals surface area contributed by atoms with E-state index in [9.17, 15) is 14.9 Å². The highest BCUT2D eigenvalue weighted by Crippen LogP contribution is 2.17. The van der Waals surface area contributed by atoms with Crippen molar-refractivity contribution in [2.75, 3.05) is 5.73 Å². The molecule has 0 aliphatic heterocycles. The number of pyridine rings is 1. The number of hydrogen-bond acceptors (Lipinski definition) is 5. The molecule has 0 bridgehead atoms. The van der Waals surface area contributed by atoms with Crippen LogP contribution in [0.1, 0.15) is 15.9 Å². The Labute approximate surface area is 114 Å². The number of nitrogens with two attached hydrogens (primary N) is 1. The second kappa shape index (κ2) is 5.79. The van der Waals surface area contributed by atoms with Crippen LogP contribution >= 0.6 is 0 Å². The van der Waals surface area contributed by atoms with Gasteiger partial charge in [-0.1, -0.05) is 18.2 Å².